The number of fused-ring (bicyclic) bond motifs is 1. The quantitative estimate of drug-likeness (QED) is 0.903. The number of hydrogen-bond donors (Lipinski definition) is 2. The zero-order valence-electron chi connectivity index (χ0n) is 8.66. The molecular weight excluding hydrogens is 270 g/mol. The van der Waals surface area contributed by atoms with Gasteiger partial charge in [-0.25, -0.2) is 0 Å². The Morgan fingerprint density at radius 2 is 2.12 bits per heavy atom. The molecule has 1 heterocycles. The van der Waals surface area contributed by atoms with E-state index in [0.29, 0.717) is 6.42 Å². The number of carboxylic acids is 1. The zero-order valence-corrected chi connectivity index (χ0v) is 10.3. The molecule has 2 aromatic rings. The number of carboxylic acid groups (broad SMARTS) is 1. The van der Waals surface area contributed by atoms with Crippen LogP contribution >= 0.6 is 15.9 Å². The van der Waals surface area contributed by atoms with Gasteiger partial charge in [0.25, 0.3) is 0 Å². The summed E-state index contributed by atoms with van der Waals surface area (Å²) >= 11 is 3.47. The second-order valence-corrected chi connectivity index (χ2v) is 4.50. The monoisotopic (exact) mass is 281 g/mol. The van der Waals surface area contributed by atoms with Gasteiger partial charge in [0.15, 0.2) is 0 Å². The van der Waals surface area contributed by atoms with E-state index in [2.05, 4.69) is 20.9 Å². The number of H-pyrrole nitrogens is 1. The van der Waals surface area contributed by atoms with Gasteiger partial charge in [-0.2, -0.15) is 0 Å². The van der Waals surface area contributed by atoms with E-state index in [1.165, 1.54) is 5.39 Å². The summed E-state index contributed by atoms with van der Waals surface area (Å²) in [5.74, 6) is -0.740. The number of halogens is 1. The minimum atomic E-state index is -0.740. The fraction of sp³-hybridized carbons (Fsp3) is 0.250. The third-order valence-corrected chi connectivity index (χ3v) is 3.26. The Labute approximate surface area is 102 Å². The van der Waals surface area contributed by atoms with E-state index < -0.39 is 5.97 Å². The maximum Gasteiger partial charge on any atom is 0.303 e. The van der Waals surface area contributed by atoms with Crippen LogP contribution in [0.25, 0.3) is 10.9 Å². The normalized spacial score (nSPS) is 10.8. The minimum absolute atomic E-state index is 0.214. The lowest BCUT2D eigenvalue weighted by Crippen LogP contribution is -1.95. The first-order chi connectivity index (χ1) is 7.68. The first kappa shape index (κ1) is 11.2. The summed E-state index contributed by atoms with van der Waals surface area (Å²) in [4.78, 5) is 13.7. The standard InChI is InChI=1S/C12H12BrNO2/c13-12-9(5-3-7-11(15)16)8-4-1-2-6-10(8)14-12/h1-2,4,6,14H,3,5,7H2,(H,15,16). The Kier molecular flexibility index (Phi) is 3.29. The Morgan fingerprint density at radius 3 is 2.88 bits per heavy atom. The number of nitrogens with one attached hydrogen (secondary N) is 1. The van der Waals surface area contributed by atoms with Gasteiger partial charge in [0, 0.05) is 17.3 Å². The lowest BCUT2D eigenvalue weighted by atomic mass is 10.1. The molecule has 0 amide bonds. The van der Waals surface area contributed by atoms with Crippen molar-refractivity contribution in [1.82, 2.24) is 4.98 Å². The average molecular weight is 282 g/mol. The number of hydrogen-bond acceptors (Lipinski definition) is 1. The first-order valence-electron chi connectivity index (χ1n) is 5.15. The summed E-state index contributed by atoms with van der Waals surface area (Å²) in [6.07, 6.45) is 1.65. The largest absolute Gasteiger partial charge is 0.481 e. The number of rotatable bonds is 4. The van der Waals surface area contributed by atoms with Crippen LogP contribution < -0.4 is 0 Å². The molecule has 0 saturated heterocycles. The molecule has 1 aromatic carbocycles. The number of benzene rings is 1. The molecule has 3 nitrogen and oxygen atoms in total. The van der Waals surface area contributed by atoms with Gasteiger partial charge >= 0.3 is 5.97 Å². The summed E-state index contributed by atoms with van der Waals surface area (Å²) in [7, 11) is 0. The second-order valence-electron chi connectivity index (χ2n) is 3.71. The number of aromatic nitrogens is 1. The molecule has 84 valence electrons. The smallest absolute Gasteiger partial charge is 0.303 e. The Morgan fingerprint density at radius 1 is 1.38 bits per heavy atom. The second kappa shape index (κ2) is 4.70. The third-order valence-electron chi connectivity index (χ3n) is 2.58. The van der Waals surface area contributed by atoms with Crippen LogP contribution in [0.1, 0.15) is 18.4 Å². The Bertz CT molecular complexity index is 519. The molecular formula is C12H12BrNO2. The molecule has 0 saturated carbocycles. The van der Waals surface area contributed by atoms with E-state index in [0.717, 1.165) is 22.1 Å². The van der Waals surface area contributed by atoms with E-state index >= 15 is 0 Å². The first-order valence-corrected chi connectivity index (χ1v) is 5.94. The topological polar surface area (TPSA) is 53.1 Å². The van der Waals surface area contributed by atoms with Gasteiger partial charge in [-0.05, 0) is 40.4 Å². The lowest BCUT2D eigenvalue weighted by Gasteiger charge is -1.98. The van der Waals surface area contributed by atoms with Crippen molar-refractivity contribution >= 4 is 32.8 Å². The molecule has 2 N–H and O–H groups in total. The lowest BCUT2D eigenvalue weighted by molar-refractivity contribution is -0.137. The summed E-state index contributed by atoms with van der Waals surface area (Å²) in [5, 5.41) is 9.77. The number of carbonyl (C=O) groups is 1. The highest BCUT2D eigenvalue weighted by Gasteiger charge is 2.09. The van der Waals surface area contributed by atoms with Crippen molar-refractivity contribution in [2.45, 2.75) is 19.3 Å². The predicted octanol–water partition coefficient (Wildman–Crippen LogP) is 3.34. The van der Waals surface area contributed by atoms with Crippen LogP contribution in [0.3, 0.4) is 0 Å². The molecule has 0 aliphatic rings. The van der Waals surface area contributed by atoms with Crippen molar-refractivity contribution in [2.24, 2.45) is 0 Å². The molecule has 0 aliphatic heterocycles. The van der Waals surface area contributed by atoms with Crippen LogP contribution in [0, 0.1) is 0 Å². The molecule has 0 bridgehead atoms. The molecule has 0 unspecified atom stereocenters. The van der Waals surface area contributed by atoms with Crippen LogP contribution in [0.4, 0.5) is 0 Å². The van der Waals surface area contributed by atoms with Crippen molar-refractivity contribution < 1.29 is 9.90 Å². The van der Waals surface area contributed by atoms with Gasteiger partial charge in [0.05, 0.1) is 4.60 Å². The Hall–Kier alpha value is -1.29. The maximum absolute atomic E-state index is 10.5. The summed E-state index contributed by atoms with van der Waals surface area (Å²) < 4.78 is 0.957. The average Bonchev–Trinajstić information content (AvgIpc) is 2.55. The van der Waals surface area contributed by atoms with E-state index in [1.54, 1.807) is 0 Å². The Balaban J connectivity index is 2.22. The zero-order chi connectivity index (χ0) is 11.5. The molecule has 0 aliphatic carbocycles. The number of aromatic amines is 1. The highest BCUT2D eigenvalue weighted by Crippen LogP contribution is 2.27. The fourth-order valence-electron chi connectivity index (χ4n) is 1.83. The van der Waals surface area contributed by atoms with Crippen LogP contribution in [0.2, 0.25) is 0 Å². The SMILES string of the molecule is O=C(O)CCCc1c(Br)[nH]c2ccccc12. The molecule has 0 spiro atoms. The molecule has 4 heteroatoms. The van der Waals surface area contributed by atoms with Crippen LogP contribution in [0.15, 0.2) is 28.9 Å². The fourth-order valence-corrected chi connectivity index (χ4v) is 2.45. The van der Waals surface area contributed by atoms with Gasteiger partial charge in [-0.15, -0.1) is 0 Å². The van der Waals surface area contributed by atoms with Gasteiger partial charge in [0.1, 0.15) is 0 Å². The summed E-state index contributed by atoms with van der Waals surface area (Å²) in [6.45, 7) is 0. The van der Waals surface area contributed by atoms with E-state index in [1.807, 2.05) is 24.3 Å². The molecule has 1 aromatic heterocycles. The number of para-hydroxylation sites is 1. The van der Waals surface area contributed by atoms with Crippen LogP contribution in [-0.2, 0) is 11.2 Å². The third kappa shape index (κ3) is 2.27. The molecule has 0 radical (unpaired) electrons. The van der Waals surface area contributed by atoms with Gasteiger partial charge in [0.2, 0.25) is 0 Å². The molecule has 0 atom stereocenters. The molecule has 0 fully saturated rings. The predicted molar refractivity (Wildman–Crippen MR) is 66.6 cm³/mol. The van der Waals surface area contributed by atoms with Gasteiger partial charge in [-0.3, -0.25) is 4.79 Å². The van der Waals surface area contributed by atoms with E-state index in [9.17, 15) is 4.79 Å². The highest BCUT2D eigenvalue weighted by atomic mass is 79.9. The summed E-state index contributed by atoms with van der Waals surface area (Å²) in [5.41, 5.74) is 2.25. The van der Waals surface area contributed by atoms with E-state index in [4.69, 9.17) is 5.11 Å². The van der Waals surface area contributed by atoms with Gasteiger partial charge in [-0.1, -0.05) is 18.2 Å². The minimum Gasteiger partial charge on any atom is -0.481 e. The number of aryl methyl sites for hydroxylation is 1. The number of aliphatic carboxylic acids is 1. The molecule has 16 heavy (non-hydrogen) atoms. The van der Waals surface area contributed by atoms with Gasteiger partial charge < -0.3 is 10.1 Å². The van der Waals surface area contributed by atoms with Crippen molar-refractivity contribution in [3.8, 4) is 0 Å². The molecule has 2 rings (SSSR count). The van der Waals surface area contributed by atoms with Crippen molar-refractivity contribution in [3.05, 3.63) is 34.4 Å². The van der Waals surface area contributed by atoms with Crippen LogP contribution in [-0.4, -0.2) is 16.1 Å². The van der Waals surface area contributed by atoms with Crippen molar-refractivity contribution in [2.75, 3.05) is 0 Å². The highest BCUT2D eigenvalue weighted by molar-refractivity contribution is 9.10. The van der Waals surface area contributed by atoms with Crippen LogP contribution in [0.5, 0.6) is 0 Å². The van der Waals surface area contributed by atoms with Crippen molar-refractivity contribution in [1.29, 1.82) is 0 Å². The maximum atomic E-state index is 10.5. The van der Waals surface area contributed by atoms with Crippen molar-refractivity contribution in [3.63, 3.8) is 0 Å². The van der Waals surface area contributed by atoms with E-state index in [-0.39, 0.29) is 6.42 Å². The summed E-state index contributed by atoms with van der Waals surface area (Å²) in [6, 6.07) is 8.03.